The van der Waals surface area contributed by atoms with Crippen molar-refractivity contribution in [3.05, 3.63) is 21.3 Å². The zero-order valence-corrected chi connectivity index (χ0v) is 15.7. The molecule has 1 unspecified atom stereocenters. The third kappa shape index (κ3) is 3.77. The molecule has 0 spiro atoms. The molecule has 0 N–H and O–H groups in total. The Bertz CT molecular complexity index is 765. The van der Waals surface area contributed by atoms with E-state index < -0.39 is 12.0 Å². The van der Waals surface area contributed by atoms with E-state index in [-0.39, 0.29) is 11.5 Å². The summed E-state index contributed by atoms with van der Waals surface area (Å²) >= 11 is 2.89. The van der Waals surface area contributed by atoms with Crippen LogP contribution in [0.15, 0.2) is 16.0 Å². The SMILES string of the molecule is CCc1cc2c(=O)n(C(C)C(=O)OCC(C)C)c(SC)nc2s1. The number of ether oxygens (including phenoxy) is 1. The van der Waals surface area contributed by atoms with Crippen LogP contribution in [-0.2, 0) is 16.0 Å². The quantitative estimate of drug-likeness (QED) is 0.451. The van der Waals surface area contributed by atoms with E-state index in [1.807, 2.05) is 33.1 Å². The minimum Gasteiger partial charge on any atom is -0.464 e. The van der Waals surface area contributed by atoms with Crippen LogP contribution < -0.4 is 5.56 Å². The van der Waals surface area contributed by atoms with Gasteiger partial charge in [0.05, 0.1) is 12.0 Å². The van der Waals surface area contributed by atoms with Gasteiger partial charge in [0.2, 0.25) is 0 Å². The minimum absolute atomic E-state index is 0.177. The average Bonchev–Trinajstić information content (AvgIpc) is 2.95. The number of hydrogen-bond acceptors (Lipinski definition) is 6. The Kier molecular flexibility index (Phi) is 5.86. The van der Waals surface area contributed by atoms with Gasteiger partial charge >= 0.3 is 5.97 Å². The van der Waals surface area contributed by atoms with Gasteiger partial charge in [-0.25, -0.2) is 9.78 Å². The molecule has 7 heteroatoms. The van der Waals surface area contributed by atoms with Crippen molar-refractivity contribution in [2.75, 3.05) is 12.9 Å². The highest BCUT2D eigenvalue weighted by atomic mass is 32.2. The molecule has 2 rings (SSSR count). The molecule has 0 aliphatic carbocycles. The summed E-state index contributed by atoms with van der Waals surface area (Å²) in [6.45, 7) is 8.03. The molecule has 2 aromatic rings. The number of thiophene rings is 1. The molecule has 0 fully saturated rings. The Morgan fingerprint density at radius 3 is 2.70 bits per heavy atom. The molecule has 2 aromatic heterocycles. The summed E-state index contributed by atoms with van der Waals surface area (Å²) in [6.07, 6.45) is 2.71. The van der Waals surface area contributed by atoms with Crippen molar-refractivity contribution in [3.63, 3.8) is 0 Å². The Balaban J connectivity index is 2.47. The van der Waals surface area contributed by atoms with E-state index in [0.717, 1.165) is 16.1 Å². The van der Waals surface area contributed by atoms with Crippen molar-refractivity contribution in [1.82, 2.24) is 9.55 Å². The molecular weight excluding hydrogens is 332 g/mol. The van der Waals surface area contributed by atoms with Crippen LogP contribution in [-0.4, -0.2) is 28.4 Å². The van der Waals surface area contributed by atoms with E-state index in [2.05, 4.69) is 4.98 Å². The fourth-order valence-corrected chi connectivity index (χ4v) is 3.80. The summed E-state index contributed by atoms with van der Waals surface area (Å²) in [4.78, 5) is 31.5. The molecule has 126 valence electrons. The second-order valence-electron chi connectivity index (χ2n) is 5.76. The van der Waals surface area contributed by atoms with Crippen LogP contribution in [0, 0.1) is 5.92 Å². The topological polar surface area (TPSA) is 61.2 Å². The molecule has 0 radical (unpaired) electrons. The lowest BCUT2D eigenvalue weighted by atomic mass is 10.2. The maximum atomic E-state index is 12.8. The molecule has 2 heterocycles. The molecule has 0 bridgehead atoms. The standard InChI is InChI=1S/C16H22N2O3S2/c1-6-11-7-12-13(23-11)17-16(22-5)18(14(12)19)10(4)15(20)21-8-9(2)3/h7,9-10H,6,8H2,1-5H3. The lowest BCUT2D eigenvalue weighted by Crippen LogP contribution is -2.31. The van der Waals surface area contributed by atoms with Crippen molar-refractivity contribution in [2.45, 2.75) is 45.3 Å². The lowest BCUT2D eigenvalue weighted by molar-refractivity contribution is -0.148. The van der Waals surface area contributed by atoms with E-state index in [1.165, 1.54) is 27.7 Å². The smallest absolute Gasteiger partial charge is 0.329 e. The van der Waals surface area contributed by atoms with Crippen molar-refractivity contribution in [3.8, 4) is 0 Å². The zero-order valence-electron chi connectivity index (χ0n) is 14.1. The molecule has 0 aromatic carbocycles. The first-order chi connectivity index (χ1) is 10.9. The maximum Gasteiger partial charge on any atom is 0.329 e. The van der Waals surface area contributed by atoms with Gasteiger partial charge in [0.25, 0.3) is 5.56 Å². The van der Waals surface area contributed by atoms with E-state index in [0.29, 0.717) is 17.1 Å². The van der Waals surface area contributed by atoms with Crippen molar-refractivity contribution < 1.29 is 9.53 Å². The molecule has 0 saturated heterocycles. The molecule has 23 heavy (non-hydrogen) atoms. The number of aryl methyl sites for hydroxylation is 1. The summed E-state index contributed by atoms with van der Waals surface area (Å²) < 4.78 is 6.73. The summed E-state index contributed by atoms with van der Waals surface area (Å²) in [7, 11) is 0. The number of fused-ring (bicyclic) bond motifs is 1. The lowest BCUT2D eigenvalue weighted by Gasteiger charge is -2.17. The molecule has 5 nitrogen and oxygen atoms in total. The zero-order chi connectivity index (χ0) is 17.1. The highest BCUT2D eigenvalue weighted by molar-refractivity contribution is 7.98. The van der Waals surface area contributed by atoms with Gasteiger partial charge in [0.1, 0.15) is 10.9 Å². The molecule has 0 saturated carbocycles. The van der Waals surface area contributed by atoms with Gasteiger partial charge in [-0.2, -0.15) is 0 Å². The molecule has 0 amide bonds. The van der Waals surface area contributed by atoms with Crippen LogP contribution in [0.2, 0.25) is 0 Å². The van der Waals surface area contributed by atoms with E-state index >= 15 is 0 Å². The predicted octanol–water partition coefficient (Wildman–Crippen LogP) is 3.50. The largest absolute Gasteiger partial charge is 0.464 e. The highest BCUT2D eigenvalue weighted by Gasteiger charge is 2.23. The minimum atomic E-state index is -0.689. The van der Waals surface area contributed by atoms with E-state index in [9.17, 15) is 9.59 Å². The number of carbonyl (C=O) groups is 1. The number of rotatable bonds is 6. The first-order valence-electron chi connectivity index (χ1n) is 7.64. The third-order valence-electron chi connectivity index (χ3n) is 3.43. The second kappa shape index (κ2) is 7.49. The summed E-state index contributed by atoms with van der Waals surface area (Å²) in [5.41, 5.74) is -0.177. The molecule has 1 atom stereocenters. The van der Waals surface area contributed by atoms with Crippen molar-refractivity contribution in [1.29, 1.82) is 0 Å². The van der Waals surface area contributed by atoms with Gasteiger partial charge in [0.15, 0.2) is 5.16 Å². The van der Waals surface area contributed by atoms with Gasteiger partial charge in [-0.05, 0) is 31.6 Å². The van der Waals surface area contributed by atoms with Crippen LogP contribution in [0.4, 0.5) is 0 Å². The monoisotopic (exact) mass is 354 g/mol. The number of nitrogens with zero attached hydrogens (tertiary/aromatic N) is 2. The number of carbonyl (C=O) groups excluding carboxylic acids is 1. The first-order valence-corrected chi connectivity index (χ1v) is 9.68. The fraction of sp³-hybridized carbons (Fsp3) is 0.562. The Hall–Kier alpha value is -1.34. The third-order valence-corrected chi connectivity index (χ3v) is 5.26. The summed E-state index contributed by atoms with van der Waals surface area (Å²) in [5.74, 6) is -0.143. The Labute approximate surface area is 144 Å². The number of esters is 1. The van der Waals surface area contributed by atoms with E-state index in [1.54, 1.807) is 6.92 Å². The van der Waals surface area contributed by atoms with Crippen LogP contribution in [0.3, 0.4) is 0 Å². The average molecular weight is 354 g/mol. The highest BCUT2D eigenvalue weighted by Crippen LogP contribution is 2.26. The van der Waals surface area contributed by atoms with Gasteiger partial charge in [-0.1, -0.05) is 32.5 Å². The summed E-state index contributed by atoms with van der Waals surface area (Å²) in [5, 5.41) is 1.12. The molecule has 0 aliphatic heterocycles. The fourth-order valence-electron chi connectivity index (χ4n) is 2.16. The van der Waals surface area contributed by atoms with Crippen LogP contribution in [0.1, 0.15) is 38.6 Å². The number of thioether (sulfide) groups is 1. The van der Waals surface area contributed by atoms with Gasteiger partial charge < -0.3 is 4.74 Å². The number of aromatic nitrogens is 2. The normalized spacial score (nSPS) is 12.8. The first kappa shape index (κ1) is 18.0. The van der Waals surface area contributed by atoms with Crippen LogP contribution in [0.25, 0.3) is 10.2 Å². The van der Waals surface area contributed by atoms with E-state index in [4.69, 9.17) is 4.74 Å². The van der Waals surface area contributed by atoms with Crippen molar-refractivity contribution in [2.24, 2.45) is 5.92 Å². The van der Waals surface area contributed by atoms with Gasteiger partial charge in [0, 0.05) is 4.88 Å². The summed E-state index contributed by atoms with van der Waals surface area (Å²) in [6, 6.07) is 1.19. The molecular formula is C16H22N2O3S2. The Morgan fingerprint density at radius 1 is 1.43 bits per heavy atom. The number of hydrogen-bond donors (Lipinski definition) is 0. The second-order valence-corrected chi connectivity index (χ2v) is 7.65. The van der Waals surface area contributed by atoms with Gasteiger partial charge in [-0.3, -0.25) is 9.36 Å². The maximum absolute atomic E-state index is 12.8. The predicted molar refractivity (Wildman–Crippen MR) is 95.5 cm³/mol. The Morgan fingerprint density at radius 2 is 2.13 bits per heavy atom. The van der Waals surface area contributed by atoms with Gasteiger partial charge in [-0.15, -0.1) is 11.3 Å². The van der Waals surface area contributed by atoms with Crippen molar-refractivity contribution >= 4 is 39.3 Å². The van der Waals surface area contributed by atoms with Crippen LogP contribution in [0.5, 0.6) is 0 Å². The van der Waals surface area contributed by atoms with Crippen LogP contribution >= 0.6 is 23.1 Å². The molecule has 0 aliphatic rings.